The molecule has 3 unspecified atom stereocenters. The van der Waals surface area contributed by atoms with Crippen LogP contribution in [0.4, 0.5) is 0 Å². The summed E-state index contributed by atoms with van der Waals surface area (Å²) in [7, 11) is 1.15. The summed E-state index contributed by atoms with van der Waals surface area (Å²) >= 11 is 0. The summed E-state index contributed by atoms with van der Waals surface area (Å²) in [4.78, 5) is 40.0. The Morgan fingerprint density at radius 2 is 0.813 bits per heavy atom. The Morgan fingerprint density at radius 3 is 1.24 bits per heavy atom. The first kappa shape index (κ1) is 72.2. The zero-order valence-corrected chi connectivity index (χ0v) is 50.4. The summed E-state index contributed by atoms with van der Waals surface area (Å²) in [5.74, 6) is -0.581. The standard InChI is InChI=1S/C65H117N2O7P/c1-7-10-13-16-19-22-25-28-30-32-33-35-37-40-43-46-49-52-55-58-65(69)74-63(56-53-50-47-44-41-38-27-24-21-18-15-12-9-3)62(61-73-75(70,71)72-60-59-67(4,5)6)66-64(68)57-54-51-48-45-42-39-36-34-31-29-26-23-20-17-14-11-8-2/h19-20,22-23,28-31,33,35-36,39,53,56,62-63H,7-18,21,24-27,32,34,37-38,40-52,54-55,57-61H2,1-6H3,(H-,66,68,70,71)/b22-19-,23-20-,30-28-,31-29-,35-33-,39-36-,56-53+. The van der Waals surface area contributed by atoms with Gasteiger partial charge in [-0.3, -0.25) is 14.2 Å². The number of carbonyl (C=O) groups excluding carboxylic acids is 2. The highest BCUT2D eigenvalue weighted by atomic mass is 31.2. The predicted octanol–water partition coefficient (Wildman–Crippen LogP) is 18.4. The molecular weight excluding hydrogens is 952 g/mol. The van der Waals surface area contributed by atoms with E-state index in [9.17, 15) is 19.0 Å². The van der Waals surface area contributed by atoms with Crippen LogP contribution in [-0.4, -0.2) is 69.4 Å². The number of nitrogens with one attached hydrogen (secondary N) is 1. The third kappa shape index (κ3) is 55.7. The maximum Gasteiger partial charge on any atom is 0.306 e. The highest BCUT2D eigenvalue weighted by Crippen LogP contribution is 2.38. The lowest BCUT2D eigenvalue weighted by molar-refractivity contribution is -0.870. The monoisotopic (exact) mass is 1070 g/mol. The number of carbonyl (C=O) groups is 2. The summed E-state index contributed by atoms with van der Waals surface area (Å²) in [5.41, 5.74) is 0. The average molecular weight is 1070 g/mol. The predicted molar refractivity (Wildman–Crippen MR) is 321 cm³/mol. The summed E-state index contributed by atoms with van der Waals surface area (Å²) in [6, 6.07) is -0.910. The first-order chi connectivity index (χ1) is 36.4. The van der Waals surface area contributed by atoms with Crippen LogP contribution in [0.25, 0.3) is 0 Å². The summed E-state index contributed by atoms with van der Waals surface area (Å²) in [6.07, 6.45) is 71.1. The molecule has 9 nitrogen and oxygen atoms in total. The van der Waals surface area contributed by atoms with Crippen molar-refractivity contribution in [2.24, 2.45) is 0 Å². The van der Waals surface area contributed by atoms with E-state index in [1.54, 1.807) is 0 Å². The number of nitrogens with zero attached hydrogens (tertiary/aromatic N) is 1. The van der Waals surface area contributed by atoms with Gasteiger partial charge in [0.2, 0.25) is 5.91 Å². The van der Waals surface area contributed by atoms with Crippen LogP contribution in [0.5, 0.6) is 0 Å². The average Bonchev–Trinajstić information content (AvgIpc) is 3.37. The Labute approximate surface area is 463 Å². The lowest BCUT2D eigenvalue weighted by Crippen LogP contribution is -2.47. The lowest BCUT2D eigenvalue weighted by Gasteiger charge is -2.30. The van der Waals surface area contributed by atoms with Gasteiger partial charge in [0, 0.05) is 12.8 Å². The van der Waals surface area contributed by atoms with Gasteiger partial charge in [-0.15, -0.1) is 0 Å². The van der Waals surface area contributed by atoms with Crippen molar-refractivity contribution in [3.8, 4) is 0 Å². The Balaban J connectivity index is 5.37. The van der Waals surface area contributed by atoms with Crippen LogP contribution >= 0.6 is 7.82 Å². The van der Waals surface area contributed by atoms with E-state index in [1.807, 2.05) is 33.3 Å². The highest BCUT2D eigenvalue weighted by Gasteiger charge is 2.27. The molecule has 0 aliphatic heterocycles. The molecule has 0 saturated carbocycles. The zero-order chi connectivity index (χ0) is 55.0. The summed E-state index contributed by atoms with van der Waals surface area (Å²) in [6.45, 7) is 6.76. The maximum absolute atomic E-state index is 13.5. The minimum atomic E-state index is -4.71. The number of hydrogen-bond donors (Lipinski definition) is 1. The third-order valence-corrected chi connectivity index (χ3v) is 14.3. The molecule has 0 aromatic carbocycles. The van der Waals surface area contributed by atoms with E-state index in [0.717, 1.165) is 109 Å². The number of quaternary nitrogens is 1. The number of unbranched alkanes of at least 4 members (excludes halogenated alkanes) is 27. The van der Waals surface area contributed by atoms with Gasteiger partial charge < -0.3 is 28.5 Å². The van der Waals surface area contributed by atoms with Gasteiger partial charge in [-0.25, -0.2) is 0 Å². The van der Waals surface area contributed by atoms with Crippen molar-refractivity contribution in [1.82, 2.24) is 5.32 Å². The van der Waals surface area contributed by atoms with Crippen molar-refractivity contribution in [2.75, 3.05) is 40.9 Å². The normalized spacial score (nSPS) is 14.3. The van der Waals surface area contributed by atoms with Crippen molar-refractivity contribution >= 4 is 19.7 Å². The Bertz CT molecular complexity index is 1560. The number of hydrogen-bond acceptors (Lipinski definition) is 7. The SMILES string of the molecule is CCCCC/C=C\C/C=C\C/C=C\CCCCCCCCC(=O)OC(/C=C/CCCCCCCCCCCCC)C(COP(=O)([O-])OCC[N+](C)(C)C)NC(=O)CCCCCC/C=C\C/C=C\C/C=C\CCCCC. The molecule has 75 heavy (non-hydrogen) atoms. The van der Waals surface area contributed by atoms with Gasteiger partial charge in [0.25, 0.3) is 7.82 Å². The molecule has 0 aliphatic rings. The van der Waals surface area contributed by atoms with Crippen LogP contribution < -0.4 is 10.2 Å². The lowest BCUT2D eigenvalue weighted by atomic mass is 10.0. The minimum Gasteiger partial charge on any atom is -0.756 e. The number of phosphoric ester groups is 1. The Morgan fingerprint density at radius 1 is 0.467 bits per heavy atom. The number of likely N-dealkylation sites (N-methyl/N-ethyl adjacent to an activating group) is 1. The van der Waals surface area contributed by atoms with E-state index in [0.29, 0.717) is 23.9 Å². The Kier molecular flexibility index (Phi) is 52.5. The fourth-order valence-electron chi connectivity index (χ4n) is 8.48. The molecule has 0 aromatic heterocycles. The molecule has 0 heterocycles. The van der Waals surface area contributed by atoms with Gasteiger partial charge in [0.15, 0.2) is 0 Å². The van der Waals surface area contributed by atoms with Gasteiger partial charge >= 0.3 is 5.97 Å². The fraction of sp³-hybridized carbons (Fsp3) is 0.754. The molecule has 0 fully saturated rings. The molecule has 0 rings (SSSR count). The van der Waals surface area contributed by atoms with Gasteiger partial charge in [0.05, 0.1) is 33.8 Å². The number of allylic oxidation sites excluding steroid dienone is 13. The smallest absolute Gasteiger partial charge is 0.306 e. The number of phosphoric acid groups is 1. The molecule has 1 amide bonds. The van der Waals surface area contributed by atoms with E-state index in [1.165, 1.54) is 109 Å². The first-order valence-electron chi connectivity index (χ1n) is 30.9. The summed E-state index contributed by atoms with van der Waals surface area (Å²) < 4.78 is 30.3. The van der Waals surface area contributed by atoms with Gasteiger partial charge in [0.1, 0.15) is 19.3 Å². The second kappa shape index (κ2) is 54.5. The van der Waals surface area contributed by atoms with Crippen LogP contribution in [0, 0.1) is 0 Å². The molecule has 0 saturated heterocycles. The van der Waals surface area contributed by atoms with E-state index >= 15 is 0 Å². The molecule has 0 bridgehead atoms. The fourth-order valence-corrected chi connectivity index (χ4v) is 9.20. The molecule has 0 aliphatic carbocycles. The van der Waals surface area contributed by atoms with Gasteiger partial charge in [-0.05, 0) is 109 Å². The highest BCUT2D eigenvalue weighted by molar-refractivity contribution is 7.45. The quantitative estimate of drug-likeness (QED) is 0.0212. The van der Waals surface area contributed by atoms with Crippen molar-refractivity contribution in [3.05, 3.63) is 85.1 Å². The number of amides is 1. The molecular formula is C65H117N2O7P. The molecule has 10 heteroatoms. The molecule has 0 radical (unpaired) electrons. The van der Waals surface area contributed by atoms with Gasteiger partial charge in [-0.2, -0.15) is 0 Å². The van der Waals surface area contributed by atoms with E-state index in [2.05, 4.69) is 99.0 Å². The van der Waals surface area contributed by atoms with Crippen molar-refractivity contribution in [3.63, 3.8) is 0 Å². The Hall–Kier alpha value is -2.81. The van der Waals surface area contributed by atoms with Crippen LogP contribution in [-0.2, 0) is 27.9 Å². The molecule has 0 aromatic rings. The molecule has 3 atom stereocenters. The second-order valence-electron chi connectivity index (χ2n) is 21.8. The first-order valence-corrected chi connectivity index (χ1v) is 32.4. The van der Waals surface area contributed by atoms with Crippen molar-refractivity contribution in [2.45, 2.75) is 277 Å². The van der Waals surface area contributed by atoms with Crippen molar-refractivity contribution in [1.29, 1.82) is 0 Å². The van der Waals surface area contributed by atoms with E-state index < -0.39 is 26.6 Å². The van der Waals surface area contributed by atoms with Crippen LogP contribution in [0.15, 0.2) is 85.1 Å². The van der Waals surface area contributed by atoms with Crippen LogP contribution in [0.3, 0.4) is 0 Å². The largest absolute Gasteiger partial charge is 0.756 e. The second-order valence-corrected chi connectivity index (χ2v) is 23.3. The minimum absolute atomic E-state index is 0.0326. The number of rotatable bonds is 55. The third-order valence-electron chi connectivity index (χ3n) is 13.3. The van der Waals surface area contributed by atoms with Gasteiger partial charge in [-0.1, -0.05) is 228 Å². The van der Waals surface area contributed by atoms with Crippen LogP contribution in [0.1, 0.15) is 265 Å². The van der Waals surface area contributed by atoms with E-state index in [-0.39, 0.29) is 31.3 Å². The van der Waals surface area contributed by atoms with Crippen LogP contribution in [0.2, 0.25) is 0 Å². The van der Waals surface area contributed by atoms with E-state index in [4.69, 9.17) is 13.8 Å². The molecule has 434 valence electrons. The topological polar surface area (TPSA) is 114 Å². The molecule has 0 spiro atoms. The van der Waals surface area contributed by atoms with Crippen molar-refractivity contribution < 1.29 is 37.3 Å². The zero-order valence-electron chi connectivity index (χ0n) is 49.5. The summed E-state index contributed by atoms with van der Waals surface area (Å²) in [5, 5.41) is 3.01. The maximum atomic E-state index is 13.5. The number of ether oxygens (including phenoxy) is 1. The number of esters is 1. The molecule has 1 N–H and O–H groups in total.